The van der Waals surface area contributed by atoms with E-state index in [0.717, 1.165) is 44.8 Å². The topological polar surface area (TPSA) is 76.1 Å². The maximum atomic E-state index is 12.1. The Labute approximate surface area is 148 Å². The Bertz CT molecular complexity index is 622. The van der Waals surface area contributed by atoms with Crippen molar-refractivity contribution in [3.63, 3.8) is 0 Å². The van der Waals surface area contributed by atoms with Crippen molar-refractivity contribution < 1.29 is 24.2 Å². The second kappa shape index (κ2) is 8.23. The molecule has 0 aromatic heterocycles. The minimum absolute atomic E-state index is 0.123. The molecule has 0 atom stereocenters. The molecule has 138 valence electrons. The van der Waals surface area contributed by atoms with Gasteiger partial charge in [0.05, 0.1) is 31.0 Å². The lowest BCUT2D eigenvalue weighted by Gasteiger charge is -2.45. The highest BCUT2D eigenvalue weighted by Gasteiger charge is 2.41. The van der Waals surface area contributed by atoms with Crippen molar-refractivity contribution in [3.05, 3.63) is 17.7 Å². The fraction of sp³-hybridized carbons (Fsp3) is 0.579. The van der Waals surface area contributed by atoms with Crippen LogP contribution in [-0.4, -0.2) is 43.7 Å². The highest BCUT2D eigenvalue weighted by molar-refractivity contribution is 5.98. The van der Waals surface area contributed by atoms with Crippen LogP contribution in [0.15, 0.2) is 12.1 Å². The van der Waals surface area contributed by atoms with Crippen LogP contribution in [0.5, 0.6) is 11.5 Å². The third kappa shape index (κ3) is 3.57. The third-order valence-electron chi connectivity index (χ3n) is 4.94. The van der Waals surface area contributed by atoms with Gasteiger partial charge in [-0.2, -0.15) is 0 Å². The Morgan fingerprint density at radius 1 is 1.24 bits per heavy atom. The van der Waals surface area contributed by atoms with Crippen LogP contribution < -0.4 is 14.4 Å². The van der Waals surface area contributed by atoms with Crippen LogP contribution in [0.1, 0.15) is 55.8 Å². The Hall–Kier alpha value is -2.24. The van der Waals surface area contributed by atoms with Crippen LogP contribution in [0, 0.1) is 0 Å². The molecule has 6 nitrogen and oxygen atoms in total. The number of rotatable bonds is 8. The average molecular weight is 349 g/mol. The van der Waals surface area contributed by atoms with Crippen LogP contribution in [0.2, 0.25) is 0 Å². The van der Waals surface area contributed by atoms with E-state index in [2.05, 4.69) is 0 Å². The largest absolute Gasteiger partial charge is 0.493 e. The molecule has 6 heteroatoms. The molecule has 25 heavy (non-hydrogen) atoms. The molecule has 0 unspecified atom stereocenters. The first kappa shape index (κ1) is 19.1. The molecular weight excluding hydrogens is 322 g/mol. The van der Waals surface area contributed by atoms with E-state index < -0.39 is 11.5 Å². The van der Waals surface area contributed by atoms with E-state index in [1.54, 1.807) is 6.07 Å². The van der Waals surface area contributed by atoms with E-state index in [1.165, 1.54) is 20.3 Å². The van der Waals surface area contributed by atoms with Crippen LogP contribution in [-0.2, 0) is 4.79 Å². The number of carboxylic acids is 1. The summed E-state index contributed by atoms with van der Waals surface area (Å²) in [4.78, 5) is 25.9. The second-order valence-corrected chi connectivity index (χ2v) is 6.44. The molecule has 1 aromatic carbocycles. The number of carbonyl (C=O) groups is 2. The summed E-state index contributed by atoms with van der Waals surface area (Å²) in [6, 6.07) is 3.10. The minimum atomic E-state index is -1.05. The molecule has 1 N–H and O–H groups in total. The monoisotopic (exact) mass is 349 g/mol. The first-order valence-corrected chi connectivity index (χ1v) is 8.77. The maximum absolute atomic E-state index is 12.1. The average Bonchev–Trinajstić information content (AvgIpc) is 2.65. The summed E-state index contributed by atoms with van der Waals surface area (Å²) in [5.41, 5.74) is -0.138. The number of carboxylic acid groups (broad SMARTS) is 1. The van der Waals surface area contributed by atoms with Crippen molar-refractivity contribution in [3.8, 4) is 11.5 Å². The van der Waals surface area contributed by atoms with Gasteiger partial charge in [-0.05, 0) is 31.4 Å². The fourth-order valence-corrected chi connectivity index (χ4v) is 3.75. The molecule has 1 saturated carbocycles. The summed E-state index contributed by atoms with van der Waals surface area (Å²) in [6.07, 6.45) is 6.21. The maximum Gasteiger partial charge on any atom is 0.337 e. The van der Waals surface area contributed by atoms with Gasteiger partial charge in [0.1, 0.15) is 6.29 Å². The highest BCUT2D eigenvalue weighted by atomic mass is 16.5. The van der Waals surface area contributed by atoms with Crippen molar-refractivity contribution in [2.75, 3.05) is 25.7 Å². The van der Waals surface area contributed by atoms with Gasteiger partial charge in [-0.25, -0.2) is 4.79 Å². The zero-order valence-electron chi connectivity index (χ0n) is 15.2. The van der Waals surface area contributed by atoms with Gasteiger partial charge in [0.2, 0.25) is 0 Å². The van der Waals surface area contributed by atoms with Crippen molar-refractivity contribution >= 4 is 17.9 Å². The Balaban J connectivity index is 2.71. The Morgan fingerprint density at radius 3 is 2.40 bits per heavy atom. The van der Waals surface area contributed by atoms with Crippen LogP contribution in [0.25, 0.3) is 0 Å². The number of nitrogens with zero attached hydrogens (tertiary/aromatic N) is 1. The molecule has 0 heterocycles. The number of hydrogen-bond acceptors (Lipinski definition) is 5. The first-order chi connectivity index (χ1) is 12.0. The van der Waals surface area contributed by atoms with Gasteiger partial charge in [0.15, 0.2) is 11.5 Å². The van der Waals surface area contributed by atoms with Crippen LogP contribution >= 0.6 is 0 Å². The molecule has 0 spiro atoms. The van der Waals surface area contributed by atoms with Crippen LogP contribution in [0.4, 0.5) is 5.69 Å². The lowest BCUT2D eigenvalue weighted by Crippen LogP contribution is -2.52. The van der Waals surface area contributed by atoms with Gasteiger partial charge in [0, 0.05) is 6.54 Å². The molecule has 1 fully saturated rings. The van der Waals surface area contributed by atoms with Gasteiger partial charge in [0.25, 0.3) is 0 Å². The van der Waals surface area contributed by atoms with Gasteiger partial charge in [-0.3, -0.25) is 0 Å². The number of hydrogen-bond donors (Lipinski definition) is 1. The molecule has 0 bridgehead atoms. The van der Waals surface area contributed by atoms with Crippen molar-refractivity contribution in [1.82, 2.24) is 0 Å². The number of methoxy groups -OCH3 is 2. The minimum Gasteiger partial charge on any atom is -0.493 e. The van der Waals surface area contributed by atoms with E-state index in [4.69, 9.17) is 9.47 Å². The van der Waals surface area contributed by atoms with Gasteiger partial charge < -0.3 is 24.3 Å². The molecule has 0 saturated heterocycles. The standard InChI is InChI=1S/C19H27NO5/c1-4-12-20(19(13-21)10-6-5-7-11-19)16-14(18(22)23)8-9-15(24-2)17(16)25-3/h8-9,13H,4-7,10-12H2,1-3H3,(H,22,23). The Kier molecular flexibility index (Phi) is 6.28. The summed E-state index contributed by atoms with van der Waals surface area (Å²) >= 11 is 0. The molecule has 1 aliphatic carbocycles. The zero-order valence-corrected chi connectivity index (χ0v) is 15.2. The quantitative estimate of drug-likeness (QED) is 0.724. The first-order valence-electron chi connectivity index (χ1n) is 8.77. The predicted octanol–water partition coefficient (Wildman–Crippen LogP) is 3.52. The van der Waals surface area contributed by atoms with Crippen LogP contribution in [0.3, 0.4) is 0 Å². The van der Waals surface area contributed by atoms with E-state index >= 15 is 0 Å². The zero-order chi connectivity index (χ0) is 18.4. The molecule has 0 radical (unpaired) electrons. The number of benzene rings is 1. The normalized spacial score (nSPS) is 16.1. The van der Waals surface area contributed by atoms with E-state index in [9.17, 15) is 14.7 Å². The lowest BCUT2D eigenvalue weighted by atomic mass is 9.80. The predicted molar refractivity (Wildman–Crippen MR) is 96.0 cm³/mol. The molecule has 1 aliphatic rings. The van der Waals surface area contributed by atoms with Crippen molar-refractivity contribution in [2.45, 2.75) is 51.0 Å². The number of anilines is 1. The number of ether oxygens (including phenoxy) is 2. The summed E-state index contributed by atoms with van der Waals surface area (Å²) in [6.45, 7) is 2.59. The molecular formula is C19H27NO5. The number of carbonyl (C=O) groups excluding carboxylic acids is 1. The second-order valence-electron chi connectivity index (χ2n) is 6.44. The van der Waals surface area contributed by atoms with E-state index in [0.29, 0.717) is 23.7 Å². The van der Waals surface area contributed by atoms with Crippen molar-refractivity contribution in [1.29, 1.82) is 0 Å². The van der Waals surface area contributed by atoms with E-state index in [-0.39, 0.29) is 5.56 Å². The van der Waals surface area contributed by atoms with E-state index in [1.807, 2.05) is 11.8 Å². The Morgan fingerprint density at radius 2 is 1.92 bits per heavy atom. The summed E-state index contributed by atoms with van der Waals surface area (Å²) in [5, 5.41) is 9.71. The molecule has 1 aromatic rings. The van der Waals surface area contributed by atoms with Gasteiger partial charge >= 0.3 is 5.97 Å². The summed E-state index contributed by atoms with van der Waals surface area (Å²) in [7, 11) is 3.01. The third-order valence-corrected chi connectivity index (χ3v) is 4.94. The lowest BCUT2D eigenvalue weighted by molar-refractivity contribution is -0.113. The summed E-state index contributed by atoms with van der Waals surface area (Å²) < 4.78 is 10.9. The number of aldehydes is 1. The van der Waals surface area contributed by atoms with Gasteiger partial charge in [-0.15, -0.1) is 0 Å². The highest BCUT2D eigenvalue weighted by Crippen LogP contribution is 2.45. The fourth-order valence-electron chi connectivity index (χ4n) is 3.75. The smallest absolute Gasteiger partial charge is 0.337 e. The molecule has 0 aliphatic heterocycles. The molecule has 2 rings (SSSR count). The summed E-state index contributed by atoms with van der Waals surface area (Å²) in [5.74, 6) is -0.225. The van der Waals surface area contributed by atoms with Gasteiger partial charge in [-0.1, -0.05) is 26.2 Å². The van der Waals surface area contributed by atoms with Crippen molar-refractivity contribution in [2.24, 2.45) is 0 Å². The molecule has 0 amide bonds. The number of aromatic carboxylic acids is 1. The SMILES string of the molecule is CCCN(c1c(C(=O)O)ccc(OC)c1OC)C1(C=O)CCCCC1.